The minimum atomic E-state index is -0.283. The highest BCUT2D eigenvalue weighted by Crippen LogP contribution is 2.31. The molecule has 2 aromatic heterocycles. The van der Waals surface area contributed by atoms with E-state index in [1.165, 1.54) is 23.1 Å². The average molecular weight is 460 g/mol. The van der Waals surface area contributed by atoms with E-state index in [4.69, 9.17) is 9.47 Å². The number of aromatic amines is 1. The zero-order valence-electron chi connectivity index (χ0n) is 17.9. The first-order valence-electron chi connectivity index (χ1n) is 10.1. The van der Waals surface area contributed by atoms with E-state index >= 15 is 0 Å². The number of thioether (sulfide) groups is 1. The number of aryl methyl sites for hydroxylation is 2. The first kappa shape index (κ1) is 21.7. The molecule has 7 nitrogen and oxygen atoms in total. The van der Waals surface area contributed by atoms with Gasteiger partial charge in [-0.2, -0.15) is 0 Å². The molecule has 0 spiro atoms. The zero-order valence-corrected chi connectivity index (χ0v) is 19.6. The molecule has 3 aromatic rings. The standard InChI is InChI=1S/C22H25N3O4S2/c1-12-13(2)31-21-19(12)20(26)23-18(24-21)11-30-14(3)22(27)25(4)9-15-10-28-16-7-5-6-8-17(16)29-15/h5-8,14-15H,9-11H2,1-4H3,(H,23,24,26)/t14-,15+/m1/s1. The van der Waals surface area contributed by atoms with E-state index in [1.807, 2.05) is 45.0 Å². The number of likely N-dealkylation sites (N-methyl/N-ethyl adjacent to an activating group) is 1. The number of hydrogen-bond acceptors (Lipinski definition) is 7. The number of hydrogen-bond donors (Lipinski definition) is 1. The van der Waals surface area contributed by atoms with Crippen molar-refractivity contribution in [3.63, 3.8) is 0 Å². The SMILES string of the molecule is Cc1sc2nc(CS[C@H](C)C(=O)N(C)C[C@H]3COc4ccccc4O3)[nH]c(=O)c2c1C. The summed E-state index contributed by atoms with van der Waals surface area (Å²) >= 11 is 2.98. The molecule has 0 bridgehead atoms. The van der Waals surface area contributed by atoms with Gasteiger partial charge in [-0.1, -0.05) is 12.1 Å². The van der Waals surface area contributed by atoms with Crippen LogP contribution in [0.5, 0.6) is 11.5 Å². The molecule has 31 heavy (non-hydrogen) atoms. The topological polar surface area (TPSA) is 84.5 Å². The van der Waals surface area contributed by atoms with Gasteiger partial charge in [-0.15, -0.1) is 23.1 Å². The fraction of sp³-hybridized carbons (Fsp3) is 0.409. The van der Waals surface area contributed by atoms with Crippen LogP contribution in [-0.2, 0) is 10.5 Å². The molecule has 1 N–H and O–H groups in total. The number of nitrogens with zero attached hydrogens (tertiary/aromatic N) is 2. The number of carbonyl (C=O) groups is 1. The molecule has 0 unspecified atom stereocenters. The lowest BCUT2D eigenvalue weighted by atomic mass is 10.2. The molecule has 164 valence electrons. The number of para-hydroxylation sites is 2. The highest BCUT2D eigenvalue weighted by Gasteiger charge is 2.26. The van der Waals surface area contributed by atoms with Crippen molar-refractivity contribution in [3.05, 3.63) is 50.9 Å². The van der Waals surface area contributed by atoms with Gasteiger partial charge in [-0.25, -0.2) is 4.98 Å². The molecule has 1 aliphatic rings. The van der Waals surface area contributed by atoms with E-state index < -0.39 is 0 Å². The van der Waals surface area contributed by atoms with Crippen molar-refractivity contribution in [1.82, 2.24) is 14.9 Å². The third-order valence-electron chi connectivity index (χ3n) is 5.33. The van der Waals surface area contributed by atoms with Gasteiger partial charge in [0.25, 0.3) is 5.56 Å². The van der Waals surface area contributed by atoms with Crippen molar-refractivity contribution in [1.29, 1.82) is 0 Å². The third kappa shape index (κ3) is 4.57. The summed E-state index contributed by atoms with van der Waals surface area (Å²) < 4.78 is 11.7. The van der Waals surface area contributed by atoms with Crippen LogP contribution in [0.4, 0.5) is 0 Å². The van der Waals surface area contributed by atoms with Crippen LogP contribution in [0.25, 0.3) is 10.2 Å². The molecule has 1 aromatic carbocycles. The Balaban J connectivity index is 1.34. The lowest BCUT2D eigenvalue weighted by Gasteiger charge is -2.30. The molecule has 1 amide bonds. The van der Waals surface area contributed by atoms with Crippen LogP contribution in [0, 0.1) is 13.8 Å². The smallest absolute Gasteiger partial charge is 0.259 e. The number of carbonyl (C=O) groups excluding carboxylic acids is 1. The summed E-state index contributed by atoms with van der Waals surface area (Å²) in [6.45, 7) is 6.64. The maximum atomic E-state index is 12.8. The molecule has 0 aliphatic carbocycles. The van der Waals surface area contributed by atoms with Crippen LogP contribution in [0.2, 0.25) is 0 Å². The van der Waals surface area contributed by atoms with Crippen molar-refractivity contribution < 1.29 is 14.3 Å². The fourth-order valence-electron chi connectivity index (χ4n) is 3.50. The Morgan fingerprint density at radius 2 is 2.10 bits per heavy atom. The number of H-pyrrole nitrogens is 1. The molecule has 0 saturated heterocycles. The minimum absolute atomic E-state index is 0.00121. The van der Waals surface area contributed by atoms with E-state index in [0.717, 1.165) is 21.0 Å². The van der Waals surface area contributed by atoms with Gasteiger partial charge in [0, 0.05) is 11.9 Å². The van der Waals surface area contributed by atoms with Gasteiger partial charge in [0.2, 0.25) is 5.91 Å². The van der Waals surface area contributed by atoms with Crippen molar-refractivity contribution in [2.75, 3.05) is 20.2 Å². The molecule has 1 aliphatic heterocycles. The molecule has 4 rings (SSSR count). The first-order chi connectivity index (χ1) is 14.8. The van der Waals surface area contributed by atoms with Crippen molar-refractivity contribution in [2.45, 2.75) is 37.9 Å². The van der Waals surface area contributed by atoms with Gasteiger partial charge in [0.1, 0.15) is 17.3 Å². The second-order valence-electron chi connectivity index (χ2n) is 7.65. The van der Waals surface area contributed by atoms with E-state index in [0.29, 0.717) is 35.9 Å². The van der Waals surface area contributed by atoms with E-state index in [2.05, 4.69) is 9.97 Å². The van der Waals surface area contributed by atoms with Crippen LogP contribution < -0.4 is 15.0 Å². The number of nitrogens with one attached hydrogen (secondary N) is 1. The number of ether oxygens (including phenoxy) is 2. The molecule has 0 saturated carbocycles. The van der Waals surface area contributed by atoms with Gasteiger partial charge in [-0.3, -0.25) is 9.59 Å². The van der Waals surface area contributed by atoms with Gasteiger partial charge in [-0.05, 0) is 38.5 Å². The predicted molar refractivity (Wildman–Crippen MR) is 124 cm³/mol. The first-order valence-corrected chi connectivity index (χ1v) is 11.9. The molecular weight excluding hydrogens is 434 g/mol. The molecule has 0 fully saturated rings. The highest BCUT2D eigenvalue weighted by atomic mass is 32.2. The van der Waals surface area contributed by atoms with Crippen LogP contribution in [0.15, 0.2) is 29.1 Å². The average Bonchev–Trinajstić information content (AvgIpc) is 3.05. The Labute approximate surface area is 188 Å². The highest BCUT2D eigenvalue weighted by molar-refractivity contribution is 7.99. The number of rotatable bonds is 6. The maximum Gasteiger partial charge on any atom is 0.259 e. The predicted octanol–water partition coefficient (Wildman–Crippen LogP) is 3.52. The molecule has 3 heterocycles. The van der Waals surface area contributed by atoms with Crippen LogP contribution >= 0.6 is 23.1 Å². The number of aromatic nitrogens is 2. The summed E-state index contributed by atoms with van der Waals surface area (Å²) in [5.74, 6) is 2.47. The Bertz CT molecular complexity index is 1170. The largest absolute Gasteiger partial charge is 0.486 e. The monoisotopic (exact) mass is 459 g/mol. The number of benzene rings is 1. The second-order valence-corrected chi connectivity index (χ2v) is 10.2. The summed E-state index contributed by atoms with van der Waals surface area (Å²) in [5, 5.41) is 0.381. The van der Waals surface area contributed by atoms with Crippen LogP contribution in [0.3, 0.4) is 0 Å². The molecular formula is C22H25N3O4S2. The summed E-state index contributed by atoms with van der Waals surface area (Å²) in [6.07, 6.45) is -0.216. The Morgan fingerprint density at radius 1 is 1.35 bits per heavy atom. The van der Waals surface area contributed by atoms with Crippen LogP contribution in [-0.4, -0.2) is 52.3 Å². The second kappa shape index (κ2) is 8.92. The summed E-state index contributed by atoms with van der Waals surface area (Å²) in [6, 6.07) is 7.53. The Hall–Kier alpha value is -2.52. The number of thiophene rings is 1. The van der Waals surface area contributed by atoms with Gasteiger partial charge in [0.15, 0.2) is 17.6 Å². The van der Waals surface area contributed by atoms with Gasteiger partial charge in [0.05, 0.1) is 22.9 Å². The lowest BCUT2D eigenvalue weighted by Crippen LogP contribution is -2.44. The number of amides is 1. The van der Waals surface area contributed by atoms with E-state index in [1.54, 1.807) is 11.9 Å². The summed E-state index contributed by atoms with van der Waals surface area (Å²) in [7, 11) is 1.77. The maximum absolute atomic E-state index is 12.8. The van der Waals surface area contributed by atoms with Gasteiger partial charge >= 0.3 is 0 Å². The van der Waals surface area contributed by atoms with Gasteiger partial charge < -0.3 is 19.4 Å². The fourth-order valence-corrected chi connectivity index (χ4v) is 5.42. The molecule has 9 heteroatoms. The normalized spacial score (nSPS) is 16.3. The lowest BCUT2D eigenvalue weighted by molar-refractivity contribution is -0.130. The molecule has 2 atom stereocenters. The Morgan fingerprint density at radius 3 is 2.87 bits per heavy atom. The molecule has 0 radical (unpaired) electrons. The number of fused-ring (bicyclic) bond motifs is 2. The van der Waals surface area contributed by atoms with Crippen LogP contribution in [0.1, 0.15) is 23.2 Å². The quantitative estimate of drug-likeness (QED) is 0.607. The summed E-state index contributed by atoms with van der Waals surface area (Å²) in [5.41, 5.74) is 0.864. The van der Waals surface area contributed by atoms with Crippen molar-refractivity contribution in [2.24, 2.45) is 0 Å². The third-order valence-corrected chi connectivity index (χ3v) is 7.57. The minimum Gasteiger partial charge on any atom is -0.486 e. The summed E-state index contributed by atoms with van der Waals surface area (Å²) in [4.78, 5) is 36.2. The van der Waals surface area contributed by atoms with Crippen molar-refractivity contribution >= 4 is 39.2 Å². The van der Waals surface area contributed by atoms with E-state index in [9.17, 15) is 9.59 Å². The van der Waals surface area contributed by atoms with E-state index in [-0.39, 0.29) is 22.8 Å². The van der Waals surface area contributed by atoms with Crippen molar-refractivity contribution in [3.8, 4) is 11.5 Å². The Kier molecular flexibility index (Phi) is 6.24. The zero-order chi connectivity index (χ0) is 22.1.